The third-order valence-electron chi connectivity index (χ3n) is 8.60. The Morgan fingerprint density at radius 3 is 2.66 bits per heavy atom. The lowest BCUT2D eigenvalue weighted by molar-refractivity contribution is -0.138. The molecule has 0 heterocycles. The smallest absolute Gasteiger partial charge is 0.416 e. The molecule has 0 aliphatic heterocycles. The van der Waals surface area contributed by atoms with Crippen molar-refractivity contribution in [3.8, 4) is 11.5 Å². The molecular formula is C27H30F3NO4. The van der Waals surface area contributed by atoms with Crippen molar-refractivity contribution in [2.75, 3.05) is 7.11 Å². The maximum atomic E-state index is 13.4. The van der Waals surface area contributed by atoms with Crippen molar-refractivity contribution in [1.29, 1.82) is 0 Å². The lowest BCUT2D eigenvalue weighted by Gasteiger charge is -2.50. The summed E-state index contributed by atoms with van der Waals surface area (Å²) in [5.41, 5.74) is 1.48. The number of alkyl halides is 3. The molecule has 2 N–H and O–H groups in total. The number of ether oxygens (including phenoxy) is 1. The minimum absolute atomic E-state index is 0.0139. The highest BCUT2D eigenvalue weighted by atomic mass is 19.4. The second-order valence-corrected chi connectivity index (χ2v) is 10.3. The number of nitrogens with zero attached hydrogens (tertiary/aromatic N) is 1. The van der Waals surface area contributed by atoms with Gasteiger partial charge in [0.2, 0.25) is 0 Å². The van der Waals surface area contributed by atoms with Gasteiger partial charge in [0.05, 0.1) is 24.5 Å². The van der Waals surface area contributed by atoms with Gasteiger partial charge in [0.15, 0.2) is 11.5 Å². The Morgan fingerprint density at radius 2 is 1.91 bits per heavy atom. The lowest BCUT2D eigenvalue weighted by atomic mass is 9.55. The van der Waals surface area contributed by atoms with Gasteiger partial charge in [0.1, 0.15) is 6.61 Å². The van der Waals surface area contributed by atoms with E-state index in [9.17, 15) is 23.4 Å². The highest BCUT2D eigenvalue weighted by Gasteiger charge is 2.55. The molecule has 0 spiro atoms. The molecule has 0 aromatic heterocycles. The molecule has 3 aliphatic carbocycles. The van der Waals surface area contributed by atoms with E-state index >= 15 is 0 Å². The second kappa shape index (κ2) is 8.73. The standard InChI is InChI=1S/C27H30F3NO4/c1-26-10-9-16-17-13-24(34-2)23(32)12-19(17)22(11-18(16)21(26)7-8-25(26)33)31-35-14-15-5-3-4-6-20(15)27(28,29)30/h3-6,12-13,16,18,21,25,32-33H,7-11,14H2,1-2H3/t16-,18-,21+,25+,26+/m1/s1. The average molecular weight is 490 g/mol. The second-order valence-electron chi connectivity index (χ2n) is 10.3. The number of methoxy groups -OCH3 is 1. The van der Waals surface area contributed by atoms with Crippen LogP contribution in [0.3, 0.4) is 0 Å². The summed E-state index contributed by atoms with van der Waals surface area (Å²) in [6, 6.07) is 8.78. The SMILES string of the molecule is COc1cc2c(cc1O)C(=NOCc1ccccc1C(F)(F)F)C[C@@H]1[C@@H]2CC[C@]2(C)[C@@H](O)CC[C@@H]12. The van der Waals surface area contributed by atoms with E-state index in [1.54, 1.807) is 12.1 Å². The molecule has 5 rings (SSSR count). The van der Waals surface area contributed by atoms with Crippen LogP contribution in [-0.4, -0.2) is 29.1 Å². The van der Waals surface area contributed by atoms with Gasteiger partial charge < -0.3 is 19.8 Å². The fourth-order valence-electron chi connectivity index (χ4n) is 6.76. The van der Waals surface area contributed by atoms with E-state index in [4.69, 9.17) is 9.57 Å². The molecule has 3 aliphatic rings. The normalized spacial score (nSPS) is 31.0. The van der Waals surface area contributed by atoms with Crippen molar-refractivity contribution in [2.24, 2.45) is 22.4 Å². The molecule has 5 atom stereocenters. The Bertz CT molecular complexity index is 1150. The summed E-state index contributed by atoms with van der Waals surface area (Å²) < 4.78 is 45.5. The monoisotopic (exact) mass is 489 g/mol. The van der Waals surface area contributed by atoms with Crippen LogP contribution in [0.2, 0.25) is 0 Å². The topological polar surface area (TPSA) is 71.3 Å². The van der Waals surface area contributed by atoms with E-state index in [2.05, 4.69) is 12.1 Å². The van der Waals surface area contributed by atoms with Crippen LogP contribution in [-0.2, 0) is 17.6 Å². The Morgan fingerprint density at radius 1 is 1.14 bits per heavy atom. The third kappa shape index (κ3) is 4.05. The molecule has 35 heavy (non-hydrogen) atoms. The molecule has 0 amide bonds. The molecule has 0 saturated heterocycles. The molecule has 2 aromatic carbocycles. The number of rotatable bonds is 4. The molecule has 5 nitrogen and oxygen atoms in total. The molecule has 2 aromatic rings. The van der Waals surface area contributed by atoms with Crippen molar-refractivity contribution in [1.82, 2.24) is 0 Å². The van der Waals surface area contributed by atoms with Crippen molar-refractivity contribution in [2.45, 2.75) is 63.8 Å². The Hall–Kier alpha value is -2.74. The zero-order valence-corrected chi connectivity index (χ0v) is 19.8. The lowest BCUT2D eigenvalue weighted by Crippen LogP contribution is -2.45. The highest BCUT2D eigenvalue weighted by Crippen LogP contribution is 2.61. The number of hydrogen-bond donors (Lipinski definition) is 2. The van der Waals surface area contributed by atoms with Gasteiger partial charge in [0, 0.05) is 11.1 Å². The van der Waals surface area contributed by atoms with Crippen LogP contribution in [0.1, 0.15) is 67.2 Å². The maximum absolute atomic E-state index is 13.4. The Kier molecular flexibility index (Phi) is 5.98. The number of oxime groups is 1. The van der Waals surface area contributed by atoms with E-state index in [1.165, 1.54) is 19.2 Å². The van der Waals surface area contributed by atoms with Gasteiger partial charge in [-0.15, -0.1) is 0 Å². The first-order chi connectivity index (χ1) is 16.6. The fourth-order valence-corrected chi connectivity index (χ4v) is 6.76. The summed E-state index contributed by atoms with van der Waals surface area (Å²) >= 11 is 0. The Labute approximate surface area is 202 Å². The summed E-state index contributed by atoms with van der Waals surface area (Å²) in [5, 5.41) is 25.5. The fraction of sp³-hybridized carbons (Fsp3) is 0.519. The zero-order valence-electron chi connectivity index (χ0n) is 19.8. The van der Waals surface area contributed by atoms with E-state index in [-0.39, 0.29) is 41.3 Å². The predicted octanol–water partition coefficient (Wildman–Crippen LogP) is 6.02. The molecule has 2 saturated carbocycles. The van der Waals surface area contributed by atoms with Crippen LogP contribution in [0, 0.1) is 17.3 Å². The third-order valence-corrected chi connectivity index (χ3v) is 8.60. The average Bonchev–Trinajstić information content (AvgIpc) is 3.13. The van der Waals surface area contributed by atoms with E-state index in [0.717, 1.165) is 42.9 Å². The van der Waals surface area contributed by atoms with Crippen LogP contribution in [0.4, 0.5) is 13.2 Å². The number of aliphatic hydroxyl groups excluding tert-OH is 1. The van der Waals surface area contributed by atoms with Gasteiger partial charge in [-0.1, -0.05) is 30.3 Å². The Balaban J connectivity index is 1.49. The number of aliphatic hydroxyl groups is 1. The van der Waals surface area contributed by atoms with Crippen molar-refractivity contribution in [3.63, 3.8) is 0 Å². The zero-order chi connectivity index (χ0) is 25.0. The minimum atomic E-state index is -4.48. The first kappa shape index (κ1) is 24.0. The number of phenolic OH excluding ortho intramolecular Hbond substituents is 1. The van der Waals surface area contributed by atoms with Gasteiger partial charge in [-0.25, -0.2) is 0 Å². The van der Waals surface area contributed by atoms with Crippen molar-refractivity contribution >= 4 is 5.71 Å². The number of benzene rings is 2. The number of fused-ring (bicyclic) bond motifs is 5. The van der Waals surface area contributed by atoms with Crippen LogP contribution in [0.15, 0.2) is 41.6 Å². The summed E-state index contributed by atoms with van der Waals surface area (Å²) in [7, 11) is 1.50. The molecule has 188 valence electrons. The predicted molar refractivity (Wildman–Crippen MR) is 124 cm³/mol. The van der Waals surface area contributed by atoms with Crippen molar-refractivity contribution < 1.29 is 33.0 Å². The van der Waals surface area contributed by atoms with Crippen LogP contribution in [0.25, 0.3) is 0 Å². The molecule has 0 radical (unpaired) electrons. The first-order valence-electron chi connectivity index (χ1n) is 12.1. The quantitative estimate of drug-likeness (QED) is 0.516. The maximum Gasteiger partial charge on any atom is 0.416 e. The van der Waals surface area contributed by atoms with Crippen molar-refractivity contribution in [3.05, 3.63) is 58.7 Å². The van der Waals surface area contributed by atoms with E-state index in [0.29, 0.717) is 23.8 Å². The molecular weight excluding hydrogens is 459 g/mol. The number of halogens is 3. The van der Waals surface area contributed by atoms with Gasteiger partial charge >= 0.3 is 6.18 Å². The summed E-state index contributed by atoms with van der Waals surface area (Å²) in [5.74, 6) is 1.12. The van der Waals surface area contributed by atoms with Crippen LogP contribution in [0.5, 0.6) is 11.5 Å². The van der Waals surface area contributed by atoms with Crippen LogP contribution >= 0.6 is 0 Å². The van der Waals surface area contributed by atoms with Crippen LogP contribution < -0.4 is 4.74 Å². The number of phenols is 1. The molecule has 0 bridgehead atoms. The van der Waals surface area contributed by atoms with E-state index < -0.39 is 11.7 Å². The van der Waals surface area contributed by atoms with E-state index in [1.807, 2.05) is 6.07 Å². The van der Waals surface area contributed by atoms with Gasteiger partial charge in [-0.3, -0.25) is 0 Å². The summed E-state index contributed by atoms with van der Waals surface area (Å²) in [6.07, 6.45) is -0.709. The number of aromatic hydroxyl groups is 1. The highest BCUT2D eigenvalue weighted by molar-refractivity contribution is 6.03. The number of hydrogen-bond acceptors (Lipinski definition) is 5. The van der Waals surface area contributed by atoms with Gasteiger partial charge in [-0.05, 0) is 79.0 Å². The summed E-state index contributed by atoms with van der Waals surface area (Å²) in [4.78, 5) is 5.51. The summed E-state index contributed by atoms with van der Waals surface area (Å²) in [6.45, 7) is 1.85. The molecule has 8 heteroatoms. The molecule has 2 fully saturated rings. The molecule has 0 unspecified atom stereocenters. The minimum Gasteiger partial charge on any atom is -0.504 e. The van der Waals surface area contributed by atoms with Gasteiger partial charge in [0.25, 0.3) is 0 Å². The van der Waals surface area contributed by atoms with Gasteiger partial charge in [-0.2, -0.15) is 13.2 Å². The largest absolute Gasteiger partial charge is 0.504 e. The first-order valence-corrected chi connectivity index (χ1v) is 12.1.